The van der Waals surface area contributed by atoms with Gasteiger partial charge in [0.2, 0.25) is 0 Å². The quantitative estimate of drug-likeness (QED) is 0.602. The summed E-state index contributed by atoms with van der Waals surface area (Å²) in [6, 6.07) is 0. The van der Waals surface area contributed by atoms with Crippen LogP contribution in [0.25, 0.3) is 0 Å². The monoisotopic (exact) mass is 226 g/mol. The van der Waals surface area contributed by atoms with Crippen molar-refractivity contribution in [3.8, 4) is 0 Å². The van der Waals surface area contributed by atoms with Crippen LogP contribution < -0.4 is 0 Å². The normalized spacial score (nSPS) is 55.3. The van der Waals surface area contributed by atoms with E-state index in [1.165, 1.54) is 0 Å². The van der Waals surface area contributed by atoms with E-state index in [9.17, 15) is 4.89 Å². The Morgan fingerprint density at radius 2 is 2.00 bits per heavy atom. The molecule has 0 saturated carbocycles. The largest absolute Gasteiger partial charge is 0.394 e. The number of hydrogen-bond acceptors (Lipinski definition) is 5. The topological polar surface area (TPSA) is 68.2 Å². The summed E-state index contributed by atoms with van der Waals surface area (Å²) in [7, 11) is 0. The Bertz CT molecular complexity index is 259. The van der Waals surface area contributed by atoms with E-state index in [4.69, 9.17) is 30.7 Å². The lowest BCUT2D eigenvalue weighted by molar-refractivity contribution is -0.0186. The minimum atomic E-state index is -3.07. The minimum Gasteiger partial charge on any atom is -0.394 e. The van der Waals surface area contributed by atoms with Crippen molar-refractivity contribution in [1.29, 1.82) is 0 Å². The fourth-order valence-electron chi connectivity index (χ4n) is 1.66. The third kappa shape index (κ3) is 1.68. The van der Waals surface area contributed by atoms with Gasteiger partial charge >= 0.3 is 6.72 Å². The second-order valence-corrected chi connectivity index (χ2v) is 5.91. The zero-order chi connectivity index (χ0) is 9.64. The molecule has 0 aliphatic carbocycles. The van der Waals surface area contributed by atoms with E-state index in [0.717, 1.165) is 0 Å². The Kier molecular flexibility index (Phi) is 2.49. The van der Waals surface area contributed by atoms with Gasteiger partial charge in [0.05, 0.1) is 12.7 Å². The molecule has 0 spiro atoms. The van der Waals surface area contributed by atoms with Crippen molar-refractivity contribution >= 4 is 18.5 Å². The fraction of sp³-hybridized carbons (Fsp3) is 1.00. The third-order valence-electron chi connectivity index (χ3n) is 2.23. The van der Waals surface area contributed by atoms with Crippen LogP contribution in [0.1, 0.15) is 6.92 Å². The summed E-state index contributed by atoms with van der Waals surface area (Å²) in [6.45, 7) is -1.41. The van der Waals surface area contributed by atoms with Gasteiger partial charge in [-0.25, -0.2) is 0 Å². The molecule has 0 aromatic heterocycles. The Balaban J connectivity index is 2.17. The van der Waals surface area contributed by atoms with Gasteiger partial charge in [-0.3, -0.25) is 9.05 Å². The van der Waals surface area contributed by atoms with Crippen LogP contribution >= 0.6 is 6.72 Å². The highest BCUT2D eigenvalue weighted by atomic mass is 32.5. The number of fused-ring (bicyclic) bond motifs is 1. The SMILES string of the molecule is C[C@@H]1O[C@H](CO)[C@H]2OP(O)(=S)OC12. The Morgan fingerprint density at radius 3 is 2.62 bits per heavy atom. The van der Waals surface area contributed by atoms with Gasteiger partial charge in [-0.1, -0.05) is 0 Å². The number of rotatable bonds is 1. The number of aliphatic hydroxyl groups is 1. The maximum Gasteiger partial charge on any atom is 0.325 e. The van der Waals surface area contributed by atoms with Gasteiger partial charge in [-0.2, -0.15) is 0 Å². The lowest BCUT2D eigenvalue weighted by Crippen LogP contribution is -2.30. The van der Waals surface area contributed by atoms with Crippen molar-refractivity contribution in [2.24, 2.45) is 0 Å². The zero-order valence-electron chi connectivity index (χ0n) is 6.99. The minimum absolute atomic E-state index is 0.149. The molecule has 5 nitrogen and oxygen atoms in total. The summed E-state index contributed by atoms with van der Waals surface area (Å²) in [4.78, 5) is 9.38. The molecule has 2 aliphatic rings. The third-order valence-corrected chi connectivity index (χ3v) is 3.77. The predicted molar refractivity (Wildman–Crippen MR) is 47.7 cm³/mol. The van der Waals surface area contributed by atoms with Crippen LogP contribution in [0.3, 0.4) is 0 Å². The Labute approximate surface area is 80.9 Å². The Hall–Kier alpha value is 0.450. The summed E-state index contributed by atoms with van der Waals surface area (Å²) in [5.41, 5.74) is 0. The van der Waals surface area contributed by atoms with Gasteiger partial charge < -0.3 is 14.7 Å². The maximum absolute atomic E-state index is 9.38. The number of aliphatic hydroxyl groups excluding tert-OH is 1. The first-order chi connectivity index (χ1) is 6.03. The van der Waals surface area contributed by atoms with E-state index in [1.807, 2.05) is 0 Å². The summed E-state index contributed by atoms with van der Waals surface area (Å²) in [5.74, 6) is 0. The molecule has 2 N–H and O–H groups in total. The van der Waals surface area contributed by atoms with Crippen LogP contribution in [-0.4, -0.2) is 41.0 Å². The van der Waals surface area contributed by atoms with Crippen LogP contribution in [0, 0.1) is 0 Å². The first-order valence-corrected chi connectivity index (χ1v) is 6.58. The van der Waals surface area contributed by atoms with Crippen molar-refractivity contribution in [3.63, 3.8) is 0 Å². The number of hydrogen-bond donors (Lipinski definition) is 2. The fourth-order valence-corrected chi connectivity index (χ4v) is 3.47. The maximum atomic E-state index is 9.38. The standard InChI is InChI=1S/C6H11O5PS/c1-3-5-6(4(2-7)9-3)11-12(8,13)10-5/h3-7H,2H2,1H3,(H,8,13)/t3-,4+,5?,6+,12?/m0/s1. The van der Waals surface area contributed by atoms with E-state index in [-0.39, 0.29) is 18.8 Å². The summed E-state index contributed by atoms with van der Waals surface area (Å²) >= 11 is 4.70. The van der Waals surface area contributed by atoms with Crippen LogP contribution in [0.2, 0.25) is 0 Å². The first kappa shape index (κ1) is 9.98. The molecule has 0 aromatic carbocycles. The van der Waals surface area contributed by atoms with Gasteiger partial charge in [0.15, 0.2) is 0 Å². The second-order valence-electron chi connectivity index (χ2n) is 3.17. The van der Waals surface area contributed by atoms with Crippen molar-refractivity contribution in [2.45, 2.75) is 31.3 Å². The van der Waals surface area contributed by atoms with Gasteiger partial charge in [-0.05, 0) is 18.7 Å². The average molecular weight is 226 g/mol. The number of ether oxygens (including phenoxy) is 1. The van der Waals surface area contributed by atoms with E-state index < -0.39 is 18.9 Å². The highest BCUT2D eigenvalue weighted by Gasteiger charge is 2.53. The van der Waals surface area contributed by atoms with Crippen LogP contribution in [0.15, 0.2) is 0 Å². The van der Waals surface area contributed by atoms with Crippen LogP contribution in [0.4, 0.5) is 0 Å². The molecule has 2 heterocycles. The van der Waals surface area contributed by atoms with Crippen molar-refractivity contribution in [2.75, 3.05) is 6.61 Å². The molecular formula is C6H11O5PS. The molecule has 76 valence electrons. The lowest BCUT2D eigenvalue weighted by atomic mass is 10.1. The second kappa shape index (κ2) is 3.24. The van der Waals surface area contributed by atoms with Crippen LogP contribution in [-0.2, 0) is 25.6 Å². The van der Waals surface area contributed by atoms with Gasteiger partial charge in [-0.15, -0.1) is 0 Å². The molecule has 0 aromatic rings. The molecule has 2 fully saturated rings. The highest BCUT2D eigenvalue weighted by Crippen LogP contribution is 2.56. The van der Waals surface area contributed by atoms with Crippen molar-refractivity contribution in [3.05, 3.63) is 0 Å². The molecule has 0 amide bonds. The average Bonchev–Trinajstić information content (AvgIpc) is 2.47. The van der Waals surface area contributed by atoms with Gasteiger partial charge in [0, 0.05) is 0 Å². The summed E-state index contributed by atoms with van der Waals surface area (Å²) in [6.07, 6.45) is -1.39. The molecule has 2 aliphatic heterocycles. The van der Waals surface area contributed by atoms with E-state index in [0.29, 0.717) is 0 Å². The van der Waals surface area contributed by atoms with E-state index >= 15 is 0 Å². The van der Waals surface area contributed by atoms with E-state index in [1.54, 1.807) is 6.92 Å². The van der Waals surface area contributed by atoms with Gasteiger partial charge in [0.1, 0.15) is 18.3 Å². The van der Waals surface area contributed by atoms with Crippen molar-refractivity contribution < 1.29 is 23.8 Å². The van der Waals surface area contributed by atoms with Crippen LogP contribution in [0.5, 0.6) is 0 Å². The molecule has 5 atom stereocenters. The molecule has 0 radical (unpaired) electrons. The lowest BCUT2D eigenvalue weighted by Gasteiger charge is -2.14. The van der Waals surface area contributed by atoms with E-state index in [2.05, 4.69) is 0 Å². The molecule has 2 unspecified atom stereocenters. The Morgan fingerprint density at radius 1 is 1.38 bits per heavy atom. The summed E-state index contributed by atoms with van der Waals surface area (Å²) in [5, 5.41) is 8.94. The molecule has 2 saturated heterocycles. The first-order valence-electron chi connectivity index (χ1n) is 3.99. The molecular weight excluding hydrogens is 215 g/mol. The van der Waals surface area contributed by atoms with Gasteiger partial charge in [0.25, 0.3) is 0 Å². The predicted octanol–water partition coefficient (Wildman–Crippen LogP) is -0.233. The smallest absolute Gasteiger partial charge is 0.325 e. The molecule has 0 bridgehead atoms. The molecule has 7 heteroatoms. The molecule has 2 rings (SSSR count). The van der Waals surface area contributed by atoms with Crippen molar-refractivity contribution in [1.82, 2.24) is 0 Å². The summed E-state index contributed by atoms with van der Waals surface area (Å²) < 4.78 is 15.6. The zero-order valence-corrected chi connectivity index (χ0v) is 8.70. The highest BCUT2D eigenvalue weighted by molar-refractivity contribution is 8.07. The molecule has 13 heavy (non-hydrogen) atoms.